The van der Waals surface area contributed by atoms with Crippen LogP contribution in [0.1, 0.15) is 30.5 Å². The molecule has 0 radical (unpaired) electrons. The fourth-order valence-corrected chi connectivity index (χ4v) is 3.74. The minimum absolute atomic E-state index is 0.453. The Morgan fingerprint density at radius 3 is 2.35 bits per heavy atom. The third kappa shape index (κ3) is 2.76. The lowest BCUT2D eigenvalue weighted by molar-refractivity contribution is -0.00254. The van der Waals surface area contributed by atoms with Gasteiger partial charge in [0.25, 0.3) is 0 Å². The molecule has 2 atom stereocenters. The van der Waals surface area contributed by atoms with E-state index in [0.29, 0.717) is 12.1 Å². The molecule has 0 saturated carbocycles. The summed E-state index contributed by atoms with van der Waals surface area (Å²) in [5, 5.41) is 3.56. The van der Waals surface area contributed by atoms with Gasteiger partial charge in [0.2, 0.25) is 0 Å². The highest BCUT2D eigenvalue weighted by Gasteiger charge is 2.36. The second-order valence-electron chi connectivity index (χ2n) is 6.16. The molecular formula is C17H27N3. The van der Waals surface area contributed by atoms with E-state index in [4.69, 9.17) is 0 Å². The van der Waals surface area contributed by atoms with E-state index in [1.54, 1.807) is 0 Å². The maximum Gasteiger partial charge on any atom is 0.0488 e. The van der Waals surface area contributed by atoms with Gasteiger partial charge >= 0.3 is 0 Å². The zero-order chi connectivity index (χ0) is 13.9. The molecule has 1 aromatic carbocycles. The number of rotatable bonds is 5. The molecule has 20 heavy (non-hydrogen) atoms. The molecule has 1 N–H and O–H groups in total. The van der Waals surface area contributed by atoms with Gasteiger partial charge in [0.05, 0.1) is 0 Å². The number of fused-ring (bicyclic) bond motifs is 3. The van der Waals surface area contributed by atoms with Gasteiger partial charge in [-0.3, -0.25) is 9.80 Å². The number of likely N-dealkylation sites (N-methyl/N-ethyl adjacent to an activating group) is 1. The normalized spacial score (nSPS) is 30.4. The molecular weight excluding hydrogens is 246 g/mol. The molecule has 3 nitrogen and oxygen atoms in total. The highest BCUT2D eigenvalue weighted by molar-refractivity contribution is 5.27. The molecule has 3 heteroatoms. The van der Waals surface area contributed by atoms with E-state index in [-0.39, 0.29) is 0 Å². The van der Waals surface area contributed by atoms with Gasteiger partial charge in [-0.15, -0.1) is 0 Å². The Labute approximate surface area is 123 Å². The first-order chi connectivity index (χ1) is 9.81. The van der Waals surface area contributed by atoms with Gasteiger partial charge in [0.1, 0.15) is 0 Å². The minimum Gasteiger partial charge on any atom is -0.312 e. The van der Waals surface area contributed by atoms with Crippen molar-refractivity contribution in [1.82, 2.24) is 15.1 Å². The average Bonchev–Trinajstić information content (AvgIpc) is 2.51. The molecule has 0 amide bonds. The van der Waals surface area contributed by atoms with E-state index < -0.39 is 0 Å². The Morgan fingerprint density at radius 2 is 1.85 bits per heavy atom. The van der Waals surface area contributed by atoms with Crippen LogP contribution in [-0.4, -0.2) is 55.6 Å². The Kier molecular flexibility index (Phi) is 4.39. The molecule has 3 aliphatic heterocycles. The van der Waals surface area contributed by atoms with Crippen molar-refractivity contribution in [3.8, 4) is 0 Å². The molecule has 110 valence electrons. The third-order valence-corrected chi connectivity index (χ3v) is 4.89. The number of nitrogens with zero attached hydrogens (tertiary/aromatic N) is 2. The number of piperazine rings is 3. The fraction of sp³-hybridized carbons (Fsp3) is 0.647. The lowest BCUT2D eigenvalue weighted by Gasteiger charge is -2.50. The molecule has 3 heterocycles. The van der Waals surface area contributed by atoms with E-state index in [2.05, 4.69) is 53.4 Å². The summed E-state index contributed by atoms with van der Waals surface area (Å²) in [5.74, 6) is 0. The van der Waals surface area contributed by atoms with Gasteiger partial charge in [-0.2, -0.15) is 0 Å². The molecule has 0 aromatic heterocycles. The standard InChI is InChI=1S/C17H27N3/c1-3-4-14-5-7-15(8-6-14)17(18-2)16-13-19-9-11-20(16)12-10-19/h5-8,16-18H,3-4,9-13H2,1-2H3. The summed E-state index contributed by atoms with van der Waals surface area (Å²) in [6.07, 6.45) is 2.41. The van der Waals surface area contributed by atoms with Crippen LogP contribution in [0, 0.1) is 0 Å². The lowest BCUT2D eigenvalue weighted by Crippen LogP contribution is -2.63. The number of benzene rings is 1. The second kappa shape index (κ2) is 6.25. The molecule has 2 bridgehead atoms. The van der Waals surface area contributed by atoms with Crippen LogP contribution in [0.2, 0.25) is 0 Å². The Hall–Kier alpha value is -0.900. The Bertz CT molecular complexity index is 420. The zero-order valence-electron chi connectivity index (χ0n) is 12.8. The summed E-state index contributed by atoms with van der Waals surface area (Å²) in [6.45, 7) is 8.42. The Morgan fingerprint density at radius 1 is 1.15 bits per heavy atom. The van der Waals surface area contributed by atoms with Crippen LogP contribution in [-0.2, 0) is 6.42 Å². The highest BCUT2D eigenvalue weighted by Crippen LogP contribution is 2.27. The van der Waals surface area contributed by atoms with Crippen molar-refractivity contribution in [3.05, 3.63) is 35.4 Å². The molecule has 0 spiro atoms. The van der Waals surface area contributed by atoms with Gasteiger partial charge in [-0.05, 0) is 24.6 Å². The topological polar surface area (TPSA) is 18.5 Å². The maximum atomic E-state index is 3.56. The molecule has 1 aromatic rings. The van der Waals surface area contributed by atoms with Crippen molar-refractivity contribution < 1.29 is 0 Å². The molecule has 3 saturated heterocycles. The molecule has 0 aliphatic carbocycles. The van der Waals surface area contributed by atoms with Crippen LogP contribution in [0.4, 0.5) is 0 Å². The molecule has 4 rings (SSSR count). The minimum atomic E-state index is 0.453. The summed E-state index contributed by atoms with van der Waals surface area (Å²) >= 11 is 0. The first-order valence-electron chi connectivity index (χ1n) is 8.04. The van der Waals surface area contributed by atoms with Crippen LogP contribution in [0.15, 0.2) is 24.3 Å². The summed E-state index contributed by atoms with van der Waals surface area (Å²) < 4.78 is 0. The molecule has 3 aliphatic rings. The third-order valence-electron chi connectivity index (χ3n) is 4.89. The predicted octanol–water partition coefficient (Wildman–Crippen LogP) is 1.90. The smallest absolute Gasteiger partial charge is 0.0488 e. The quantitative estimate of drug-likeness (QED) is 0.884. The second-order valence-corrected chi connectivity index (χ2v) is 6.16. The van der Waals surface area contributed by atoms with Crippen molar-refractivity contribution >= 4 is 0 Å². The van der Waals surface area contributed by atoms with Crippen molar-refractivity contribution in [2.24, 2.45) is 0 Å². The first-order valence-corrected chi connectivity index (χ1v) is 8.04. The monoisotopic (exact) mass is 273 g/mol. The molecule has 3 fully saturated rings. The van der Waals surface area contributed by atoms with Gasteiger partial charge in [0, 0.05) is 44.8 Å². The van der Waals surface area contributed by atoms with Crippen molar-refractivity contribution in [3.63, 3.8) is 0 Å². The van der Waals surface area contributed by atoms with E-state index in [0.717, 1.165) is 0 Å². The van der Waals surface area contributed by atoms with E-state index in [1.165, 1.54) is 56.7 Å². The highest BCUT2D eigenvalue weighted by atomic mass is 15.4. The van der Waals surface area contributed by atoms with Gasteiger partial charge < -0.3 is 5.32 Å². The number of hydrogen-bond donors (Lipinski definition) is 1. The molecule has 2 unspecified atom stereocenters. The van der Waals surface area contributed by atoms with E-state index in [1.807, 2.05) is 0 Å². The number of nitrogens with one attached hydrogen (secondary N) is 1. The van der Waals surface area contributed by atoms with Gasteiger partial charge in [-0.25, -0.2) is 0 Å². The predicted molar refractivity (Wildman–Crippen MR) is 84.0 cm³/mol. The van der Waals surface area contributed by atoms with Crippen molar-refractivity contribution in [2.75, 3.05) is 39.8 Å². The zero-order valence-corrected chi connectivity index (χ0v) is 12.8. The lowest BCUT2D eigenvalue weighted by atomic mass is 9.93. The SMILES string of the molecule is CCCc1ccc(C(NC)C2CN3CCN2CC3)cc1. The first kappa shape index (κ1) is 14.1. The van der Waals surface area contributed by atoms with Gasteiger partial charge in [0.15, 0.2) is 0 Å². The van der Waals surface area contributed by atoms with Crippen LogP contribution >= 0.6 is 0 Å². The summed E-state index contributed by atoms with van der Waals surface area (Å²) in [4.78, 5) is 5.28. The van der Waals surface area contributed by atoms with Crippen LogP contribution in [0.5, 0.6) is 0 Å². The van der Waals surface area contributed by atoms with Crippen LogP contribution < -0.4 is 5.32 Å². The fourth-order valence-electron chi connectivity index (χ4n) is 3.74. The van der Waals surface area contributed by atoms with Crippen LogP contribution in [0.25, 0.3) is 0 Å². The number of hydrogen-bond acceptors (Lipinski definition) is 3. The maximum absolute atomic E-state index is 3.56. The summed E-state index contributed by atoms with van der Waals surface area (Å²) in [5.41, 5.74) is 2.89. The van der Waals surface area contributed by atoms with Crippen molar-refractivity contribution in [1.29, 1.82) is 0 Å². The van der Waals surface area contributed by atoms with Crippen molar-refractivity contribution in [2.45, 2.75) is 31.8 Å². The summed E-state index contributed by atoms with van der Waals surface area (Å²) in [6, 6.07) is 10.3. The number of aryl methyl sites for hydroxylation is 1. The Balaban J connectivity index is 1.75. The van der Waals surface area contributed by atoms with E-state index >= 15 is 0 Å². The average molecular weight is 273 g/mol. The van der Waals surface area contributed by atoms with E-state index in [9.17, 15) is 0 Å². The van der Waals surface area contributed by atoms with Gasteiger partial charge in [-0.1, -0.05) is 37.6 Å². The largest absolute Gasteiger partial charge is 0.312 e. The van der Waals surface area contributed by atoms with Crippen LogP contribution in [0.3, 0.4) is 0 Å². The summed E-state index contributed by atoms with van der Waals surface area (Å²) in [7, 11) is 2.10.